The summed E-state index contributed by atoms with van der Waals surface area (Å²) in [5.74, 6) is 0.628. The van der Waals surface area contributed by atoms with E-state index in [4.69, 9.17) is 4.74 Å². The Morgan fingerprint density at radius 2 is 1.78 bits per heavy atom. The lowest BCUT2D eigenvalue weighted by Crippen LogP contribution is -2.27. The highest BCUT2D eigenvalue weighted by Crippen LogP contribution is 2.23. The number of anilines is 1. The lowest BCUT2D eigenvalue weighted by atomic mass is 10.1. The van der Waals surface area contributed by atoms with Gasteiger partial charge in [-0.15, -0.1) is 0 Å². The van der Waals surface area contributed by atoms with Gasteiger partial charge in [0.05, 0.1) is 18.4 Å². The van der Waals surface area contributed by atoms with Crippen molar-refractivity contribution in [2.75, 3.05) is 25.5 Å². The molecule has 1 fully saturated rings. The maximum Gasteiger partial charge on any atom is 0.243 e. The molecule has 2 aromatic rings. The lowest BCUT2D eigenvalue weighted by molar-refractivity contribution is -0.115. The van der Waals surface area contributed by atoms with E-state index in [1.807, 2.05) is 25.1 Å². The molecule has 0 unspecified atom stereocenters. The summed E-state index contributed by atoms with van der Waals surface area (Å²) in [4.78, 5) is 12.5. The Morgan fingerprint density at radius 1 is 1.11 bits per heavy atom. The number of carbonyl (C=O) groups is 1. The molecule has 0 spiro atoms. The topological polar surface area (TPSA) is 75.7 Å². The monoisotopic (exact) mass is 388 g/mol. The fraction of sp³-hybridized carbons (Fsp3) is 0.350. The Morgan fingerprint density at radius 3 is 2.37 bits per heavy atom. The van der Waals surface area contributed by atoms with E-state index in [1.54, 1.807) is 31.4 Å². The largest absolute Gasteiger partial charge is 0.496 e. The van der Waals surface area contributed by atoms with E-state index in [-0.39, 0.29) is 17.2 Å². The maximum atomic E-state index is 12.5. The number of methoxy groups -OCH3 is 1. The molecule has 0 radical (unpaired) electrons. The number of nitrogens with zero attached hydrogens (tertiary/aromatic N) is 1. The number of aryl methyl sites for hydroxylation is 1. The van der Waals surface area contributed by atoms with Crippen LogP contribution in [0.1, 0.15) is 24.0 Å². The normalized spacial score (nSPS) is 14.9. The summed E-state index contributed by atoms with van der Waals surface area (Å²) in [5, 5.41) is 2.81. The van der Waals surface area contributed by atoms with Crippen molar-refractivity contribution in [1.29, 1.82) is 0 Å². The number of hydrogen-bond donors (Lipinski definition) is 1. The number of hydrogen-bond acceptors (Lipinski definition) is 4. The molecule has 0 saturated carbocycles. The quantitative estimate of drug-likeness (QED) is 0.825. The number of amides is 1. The van der Waals surface area contributed by atoms with Gasteiger partial charge in [0.15, 0.2) is 0 Å². The first-order valence-corrected chi connectivity index (χ1v) is 10.4. The van der Waals surface area contributed by atoms with Crippen LogP contribution in [0, 0.1) is 6.92 Å². The molecule has 2 aromatic carbocycles. The molecular formula is C20H24N2O4S. The fourth-order valence-electron chi connectivity index (χ4n) is 3.23. The van der Waals surface area contributed by atoms with Crippen LogP contribution in [-0.2, 0) is 21.2 Å². The zero-order valence-corrected chi connectivity index (χ0v) is 16.4. The minimum Gasteiger partial charge on any atom is -0.496 e. The number of benzene rings is 2. The van der Waals surface area contributed by atoms with Gasteiger partial charge < -0.3 is 10.1 Å². The second-order valence-corrected chi connectivity index (χ2v) is 8.60. The Labute approximate surface area is 160 Å². The summed E-state index contributed by atoms with van der Waals surface area (Å²) in [5.41, 5.74) is 2.43. The molecular weight excluding hydrogens is 364 g/mol. The highest BCUT2D eigenvalue weighted by atomic mass is 32.2. The Bertz CT molecular complexity index is 917. The summed E-state index contributed by atoms with van der Waals surface area (Å²) in [7, 11) is -1.82. The first kappa shape index (κ1) is 19.4. The molecule has 0 aliphatic carbocycles. The van der Waals surface area contributed by atoms with Gasteiger partial charge in [0.1, 0.15) is 5.75 Å². The molecule has 144 valence electrons. The van der Waals surface area contributed by atoms with Crippen LogP contribution in [0.4, 0.5) is 5.69 Å². The molecule has 1 amide bonds. The first-order chi connectivity index (χ1) is 12.9. The molecule has 0 bridgehead atoms. The summed E-state index contributed by atoms with van der Waals surface area (Å²) in [6.45, 7) is 3.07. The SMILES string of the molecule is COc1ccc(CC(=O)Nc2ccc(S(=O)(=O)N3CCCC3)cc2)cc1C. The molecule has 1 heterocycles. The van der Waals surface area contributed by atoms with Gasteiger partial charge in [-0.1, -0.05) is 12.1 Å². The van der Waals surface area contributed by atoms with Crippen LogP contribution in [0.15, 0.2) is 47.4 Å². The van der Waals surface area contributed by atoms with E-state index in [2.05, 4.69) is 5.32 Å². The van der Waals surface area contributed by atoms with E-state index >= 15 is 0 Å². The molecule has 6 nitrogen and oxygen atoms in total. The molecule has 0 atom stereocenters. The fourth-order valence-corrected chi connectivity index (χ4v) is 4.75. The van der Waals surface area contributed by atoms with Gasteiger partial charge in [0, 0.05) is 18.8 Å². The zero-order chi connectivity index (χ0) is 19.4. The van der Waals surface area contributed by atoms with Crippen molar-refractivity contribution in [3.8, 4) is 5.75 Å². The molecule has 7 heteroatoms. The lowest BCUT2D eigenvalue weighted by Gasteiger charge is -2.15. The Balaban J connectivity index is 1.64. The van der Waals surface area contributed by atoms with Crippen LogP contribution < -0.4 is 10.1 Å². The van der Waals surface area contributed by atoms with Gasteiger partial charge in [-0.05, 0) is 61.2 Å². The van der Waals surface area contributed by atoms with Crippen LogP contribution >= 0.6 is 0 Å². The predicted molar refractivity (Wildman–Crippen MR) is 104 cm³/mol. The average Bonchev–Trinajstić information content (AvgIpc) is 3.18. The van der Waals surface area contributed by atoms with E-state index in [0.29, 0.717) is 18.8 Å². The highest BCUT2D eigenvalue weighted by Gasteiger charge is 2.26. The Hall–Kier alpha value is -2.38. The minimum absolute atomic E-state index is 0.158. The number of ether oxygens (including phenoxy) is 1. The summed E-state index contributed by atoms with van der Waals surface area (Å²) in [6, 6.07) is 12.0. The summed E-state index contributed by atoms with van der Waals surface area (Å²) < 4.78 is 31.8. The van der Waals surface area contributed by atoms with Crippen molar-refractivity contribution in [3.05, 3.63) is 53.6 Å². The van der Waals surface area contributed by atoms with Crippen molar-refractivity contribution in [1.82, 2.24) is 4.31 Å². The van der Waals surface area contributed by atoms with Gasteiger partial charge in [0.2, 0.25) is 15.9 Å². The van der Waals surface area contributed by atoms with E-state index in [1.165, 1.54) is 4.31 Å². The number of nitrogens with one attached hydrogen (secondary N) is 1. The van der Waals surface area contributed by atoms with Gasteiger partial charge in [-0.2, -0.15) is 4.31 Å². The highest BCUT2D eigenvalue weighted by molar-refractivity contribution is 7.89. The summed E-state index contributed by atoms with van der Waals surface area (Å²) in [6.07, 6.45) is 2.04. The van der Waals surface area contributed by atoms with Crippen LogP contribution in [0.25, 0.3) is 0 Å². The van der Waals surface area contributed by atoms with Gasteiger partial charge in [-0.25, -0.2) is 8.42 Å². The molecule has 1 aliphatic heterocycles. The standard InChI is InChI=1S/C20H24N2O4S/c1-15-13-16(5-10-19(15)26-2)14-20(23)21-17-6-8-18(9-7-17)27(24,25)22-11-3-4-12-22/h5-10,13H,3-4,11-12,14H2,1-2H3,(H,21,23). The van der Waals surface area contributed by atoms with E-state index < -0.39 is 10.0 Å². The van der Waals surface area contributed by atoms with Crippen molar-refractivity contribution in [2.45, 2.75) is 31.1 Å². The van der Waals surface area contributed by atoms with Crippen LogP contribution in [0.5, 0.6) is 5.75 Å². The smallest absolute Gasteiger partial charge is 0.243 e. The second-order valence-electron chi connectivity index (χ2n) is 6.66. The molecule has 1 aliphatic rings. The number of rotatable bonds is 6. The third-order valence-corrected chi connectivity index (χ3v) is 6.58. The number of sulfonamides is 1. The Kier molecular flexibility index (Phi) is 5.82. The van der Waals surface area contributed by atoms with Gasteiger partial charge in [0.25, 0.3) is 0 Å². The third kappa shape index (κ3) is 4.48. The molecule has 27 heavy (non-hydrogen) atoms. The maximum absolute atomic E-state index is 12.5. The van der Waals surface area contributed by atoms with Crippen molar-refractivity contribution in [2.24, 2.45) is 0 Å². The molecule has 3 rings (SSSR count). The van der Waals surface area contributed by atoms with Crippen molar-refractivity contribution >= 4 is 21.6 Å². The van der Waals surface area contributed by atoms with Gasteiger partial charge in [-0.3, -0.25) is 4.79 Å². The predicted octanol–water partition coefficient (Wildman–Crippen LogP) is 2.97. The van der Waals surface area contributed by atoms with Crippen LogP contribution in [-0.4, -0.2) is 38.8 Å². The third-order valence-electron chi connectivity index (χ3n) is 4.66. The number of carbonyl (C=O) groups excluding carboxylic acids is 1. The summed E-state index contributed by atoms with van der Waals surface area (Å²) >= 11 is 0. The van der Waals surface area contributed by atoms with Crippen molar-refractivity contribution < 1.29 is 17.9 Å². The average molecular weight is 388 g/mol. The zero-order valence-electron chi connectivity index (χ0n) is 15.6. The first-order valence-electron chi connectivity index (χ1n) is 8.94. The molecule has 1 N–H and O–H groups in total. The van der Waals surface area contributed by atoms with Crippen molar-refractivity contribution in [3.63, 3.8) is 0 Å². The second kappa shape index (κ2) is 8.10. The van der Waals surface area contributed by atoms with E-state index in [0.717, 1.165) is 29.7 Å². The van der Waals surface area contributed by atoms with Crippen LogP contribution in [0.2, 0.25) is 0 Å². The van der Waals surface area contributed by atoms with Crippen LogP contribution in [0.3, 0.4) is 0 Å². The molecule has 1 saturated heterocycles. The van der Waals surface area contributed by atoms with Gasteiger partial charge >= 0.3 is 0 Å². The molecule has 0 aromatic heterocycles. The minimum atomic E-state index is -3.44. The van der Waals surface area contributed by atoms with E-state index in [9.17, 15) is 13.2 Å².